The van der Waals surface area contributed by atoms with Crippen LogP contribution < -0.4 is 5.43 Å². The predicted octanol–water partition coefficient (Wildman–Crippen LogP) is 3.59. The Balaban J connectivity index is 1.51. The third-order valence-electron chi connectivity index (χ3n) is 3.73. The van der Waals surface area contributed by atoms with E-state index in [9.17, 15) is 4.79 Å². The number of nitrogens with zero attached hydrogens (tertiary/aromatic N) is 1. The van der Waals surface area contributed by atoms with Crippen LogP contribution in [0.4, 0.5) is 0 Å². The first-order valence-corrected chi connectivity index (χ1v) is 7.35. The van der Waals surface area contributed by atoms with Crippen molar-refractivity contribution in [2.45, 2.75) is 19.3 Å². The fraction of sp³-hybridized carbons (Fsp3) is 0.222. The highest BCUT2D eigenvalue weighted by Crippen LogP contribution is 2.47. The van der Waals surface area contributed by atoms with Crippen LogP contribution in [0.15, 0.2) is 64.3 Å². The Hall–Kier alpha value is -2.62. The van der Waals surface area contributed by atoms with E-state index < -0.39 is 0 Å². The van der Waals surface area contributed by atoms with Crippen LogP contribution in [0.5, 0.6) is 0 Å². The first-order valence-electron chi connectivity index (χ1n) is 7.35. The standard InChI is InChI=1S/C18H18N2O2/c1-13(9-10-15-8-5-11-22-15)19-20-18(21)17-12-16(17)14-6-3-2-4-7-14/h2-11,16-17H,12H2,1H3,(H,20,21)/b10-9+,19-13?/t16-,17-/m1/s1. The molecule has 1 aromatic carbocycles. The van der Waals surface area contributed by atoms with E-state index in [0.29, 0.717) is 5.92 Å². The smallest absolute Gasteiger partial charge is 0.243 e. The minimum absolute atomic E-state index is 0.0143. The Morgan fingerprint density at radius 3 is 2.82 bits per heavy atom. The summed E-state index contributed by atoms with van der Waals surface area (Å²) < 4.78 is 5.19. The molecule has 2 aromatic rings. The summed E-state index contributed by atoms with van der Waals surface area (Å²) in [5.74, 6) is 1.11. The van der Waals surface area contributed by atoms with Crippen LogP contribution in [-0.2, 0) is 4.79 Å². The second-order valence-electron chi connectivity index (χ2n) is 5.44. The molecule has 0 spiro atoms. The van der Waals surface area contributed by atoms with Crippen molar-refractivity contribution in [3.63, 3.8) is 0 Å². The number of carbonyl (C=O) groups excluding carboxylic acids is 1. The molecule has 1 amide bonds. The molecular weight excluding hydrogens is 276 g/mol. The lowest BCUT2D eigenvalue weighted by Crippen LogP contribution is -2.21. The first kappa shape index (κ1) is 14.3. The van der Waals surface area contributed by atoms with Crippen LogP contribution in [0, 0.1) is 5.92 Å². The minimum Gasteiger partial charge on any atom is -0.465 e. The lowest BCUT2D eigenvalue weighted by molar-refractivity contribution is -0.122. The molecule has 3 rings (SSSR count). The van der Waals surface area contributed by atoms with Crippen molar-refractivity contribution in [1.82, 2.24) is 5.43 Å². The highest BCUT2D eigenvalue weighted by atomic mass is 16.3. The van der Waals surface area contributed by atoms with Crippen LogP contribution in [0.2, 0.25) is 0 Å². The third kappa shape index (κ3) is 3.52. The van der Waals surface area contributed by atoms with Crippen molar-refractivity contribution < 1.29 is 9.21 Å². The SMILES string of the molecule is CC(/C=C/c1ccco1)=NNC(=O)[C@@H]1C[C@@H]1c1ccccc1. The number of hydrogen-bond acceptors (Lipinski definition) is 3. The molecular formula is C18H18N2O2. The molecule has 22 heavy (non-hydrogen) atoms. The average molecular weight is 294 g/mol. The van der Waals surface area contributed by atoms with Gasteiger partial charge < -0.3 is 4.42 Å². The summed E-state index contributed by atoms with van der Waals surface area (Å²) in [4.78, 5) is 12.1. The topological polar surface area (TPSA) is 54.6 Å². The molecule has 4 nitrogen and oxygen atoms in total. The second-order valence-corrected chi connectivity index (χ2v) is 5.44. The van der Waals surface area contributed by atoms with Crippen LogP contribution in [-0.4, -0.2) is 11.6 Å². The van der Waals surface area contributed by atoms with Crippen molar-refractivity contribution >= 4 is 17.7 Å². The van der Waals surface area contributed by atoms with Crippen molar-refractivity contribution in [3.05, 3.63) is 66.1 Å². The highest BCUT2D eigenvalue weighted by molar-refractivity contribution is 5.97. The number of allylic oxidation sites excluding steroid dienone is 1. The summed E-state index contributed by atoms with van der Waals surface area (Å²) >= 11 is 0. The fourth-order valence-electron chi connectivity index (χ4n) is 2.41. The van der Waals surface area contributed by atoms with Crippen LogP contribution in [0.3, 0.4) is 0 Å². The number of benzene rings is 1. The van der Waals surface area contributed by atoms with Gasteiger partial charge in [-0.3, -0.25) is 4.79 Å². The average Bonchev–Trinajstić information content (AvgIpc) is 3.19. The van der Waals surface area contributed by atoms with Gasteiger partial charge >= 0.3 is 0 Å². The molecule has 0 bridgehead atoms. The number of hydrazone groups is 1. The van der Waals surface area contributed by atoms with E-state index in [1.165, 1.54) is 5.56 Å². The van der Waals surface area contributed by atoms with Crippen LogP contribution >= 0.6 is 0 Å². The van der Waals surface area contributed by atoms with Gasteiger partial charge in [0.25, 0.3) is 0 Å². The van der Waals surface area contributed by atoms with Gasteiger partial charge in [-0.2, -0.15) is 5.10 Å². The van der Waals surface area contributed by atoms with Crippen LogP contribution in [0.1, 0.15) is 30.6 Å². The molecule has 1 saturated carbocycles. The molecule has 1 aromatic heterocycles. The summed E-state index contributed by atoms with van der Waals surface area (Å²) in [5, 5.41) is 4.10. The van der Waals surface area contributed by atoms with Crippen molar-refractivity contribution in [2.75, 3.05) is 0 Å². The zero-order chi connectivity index (χ0) is 15.4. The Kier molecular flexibility index (Phi) is 4.19. The van der Waals surface area contributed by atoms with Gasteiger partial charge in [0.15, 0.2) is 0 Å². The monoisotopic (exact) mass is 294 g/mol. The van der Waals surface area contributed by atoms with Gasteiger partial charge in [0.1, 0.15) is 5.76 Å². The lowest BCUT2D eigenvalue weighted by atomic mass is 10.1. The van der Waals surface area contributed by atoms with Crippen molar-refractivity contribution in [3.8, 4) is 0 Å². The number of nitrogens with one attached hydrogen (secondary N) is 1. The summed E-state index contributed by atoms with van der Waals surface area (Å²) in [6.45, 7) is 1.83. The van der Waals surface area contributed by atoms with Crippen molar-refractivity contribution in [2.24, 2.45) is 11.0 Å². The molecule has 1 heterocycles. The van der Waals surface area contributed by atoms with Crippen LogP contribution in [0.25, 0.3) is 6.08 Å². The molecule has 1 fully saturated rings. The molecule has 1 aliphatic rings. The molecule has 4 heteroatoms. The van der Waals surface area contributed by atoms with Gasteiger partial charge in [0, 0.05) is 5.92 Å². The van der Waals surface area contributed by atoms with Gasteiger partial charge in [-0.1, -0.05) is 30.3 Å². The Morgan fingerprint density at radius 1 is 1.27 bits per heavy atom. The zero-order valence-electron chi connectivity index (χ0n) is 12.4. The van der Waals surface area contributed by atoms with E-state index in [2.05, 4.69) is 22.7 Å². The lowest BCUT2D eigenvalue weighted by Gasteiger charge is -2.00. The molecule has 0 radical (unpaired) electrons. The summed E-state index contributed by atoms with van der Waals surface area (Å²) in [6, 6.07) is 13.8. The number of amides is 1. The zero-order valence-corrected chi connectivity index (χ0v) is 12.4. The number of hydrogen-bond donors (Lipinski definition) is 1. The summed E-state index contributed by atoms with van der Waals surface area (Å²) in [5.41, 5.74) is 4.59. The molecule has 2 atom stereocenters. The quantitative estimate of drug-likeness (QED) is 0.677. The molecule has 1 N–H and O–H groups in total. The molecule has 1 aliphatic carbocycles. The normalized spacial score (nSPS) is 21.0. The van der Waals surface area contributed by atoms with E-state index in [1.807, 2.05) is 43.3 Å². The maximum absolute atomic E-state index is 12.1. The van der Waals surface area contributed by atoms with Gasteiger partial charge in [-0.25, -0.2) is 5.43 Å². The van der Waals surface area contributed by atoms with E-state index in [-0.39, 0.29) is 11.8 Å². The van der Waals surface area contributed by atoms with Gasteiger partial charge in [0.2, 0.25) is 5.91 Å². The summed E-state index contributed by atoms with van der Waals surface area (Å²) in [6.07, 6.45) is 6.13. The summed E-state index contributed by atoms with van der Waals surface area (Å²) in [7, 11) is 0. The molecule has 112 valence electrons. The fourth-order valence-corrected chi connectivity index (χ4v) is 2.41. The Labute approximate surface area is 129 Å². The first-order chi connectivity index (χ1) is 10.7. The molecule has 0 saturated heterocycles. The van der Waals surface area contributed by atoms with Gasteiger partial charge in [-0.15, -0.1) is 0 Å². The van der Waals surface area contributed by atoms with E-state index in [4.69, 9.17) is 4.42 Å². The second kappa shape index (κ2) is 6.43. The van der Waals surface area contributed by atoms with Crippen molar-refractivity contribution in [1.29, 1.82) is 0 Å². The van der Waals surface area contributed by atoms with Gasteiger partial charge in [0.05, 0.1) is 12.0 Å². The number of carbonyl (C=O) groups is 1. The largest absolute Gasteiger partial charge is 0.465 e. The molecule has 0 unspecified atom stereocenters. The van der Waals surface area contributed by atoms with Gasteiger partial charge in [-0.05, 0) is 49.1 Å². The van der Waals surface area contributed by atoms with E-state index in [0.717, 1.165) is 17.9 Å². The maximum Gasteiger partial charge on any atom is 0.243 e. The van der Waals surface area contributed by atoms with E-state index >= 15 is 0 Å². The molecule has 0 aliphatic heterocycles. The Bertz CT molecular complexity index is 687. The predicted molar refractivity (Wildman–Crippen MR) is 86.3 cm³/mol. The number of rotatable bonds is 5. The third-order valence-corrected chi connectivity index (χ3v) is 3.73. The minimum atomic E-state index is -0.0143. The van der Waals surface area contributed by atoms with E-state index in [1.54, 1.807) is 12.3 Å². The Morgan fingerprint density at radius 2 is 2.09 bits per heavy atom. The maximum atomic E-state index is 12.1. The highest BCUT2D eigenvalue weighted by Gasteiger charge is 2.43. The number of furan rings is 1.